The van der Waals surface area contributed by atoms with Crippen molar-refractivity contribution < 1.29 is 9.53 Å². The molecule has 1 amide bonds. The fraction of sp³-hybridized carbons (Fsp3) is 0.462. The summed E-state index contributed by atoms with van der Waals surface area (Å²) in [4.78, 5) is 10.8. The molecular formula is C13H18BrNO2. The van der Waals surface area contributed by atoms with Gasteiger partial charge < -0.3 is 10.5 Å². The van der Waals surface area contributed by atoms with Gasteiger partial charge in [-0.2, -0.15) is 0 Å². The smallest absolute Gasteiger partial charge is 0.405 e. The maximum atomic E-state index is 10.8. The van der Waals surface area contributed by atoms with E-state index in [4.69, 9.17) is 10.5 Å². The van der Waals surface area contributed by atoms with Crippen molar-refractivity contribution in [3.05, 3.63) is 34.3 Å². The van der Waals surface area contributed by atoms with Crippen LogP contribution in [0.25, 0.3) is 0 Å². The monoisotopic (exact) mass is 299 g/mol. The molecule has 0 aliphatic heterocycles. The van der Waals surface area contributed by atoms with E-state index in [1.165, 1.54) is 5.56 Å². The molecule has 0 aromatic heterocycles. The summed E-state index contributed by atoms with van der Waals surface area (Å²) < 4.78 is 6.16. The Bertz CT molecular complexity index is 404. The number of carbonyl (C=O) groups excluding carboxylic acids is 1. The minimum absolute atomic E-state index is 0.278. The van der Waals surface area contributed by atoms with E-state index in [0.717, 1.165) is 10.9 Å². The normalized spacial score (nSPS) is 13.2. The second-order valence-electron chi connectivity index (χ2n) is 4.81. The Morgan fingerprint density at radius 2 is 2.06 bits per heavy atom. The minimum atomic E-state index is -0.727. The summed E-state index contributed by atoms with van der Waals surface area (Å²) in [7, 11) is 0. The molecule has 17 heavy (non-hydrogen) atoms. The molecule has 0 radical (unpaired) electrons. The molecule has 0 saturated heterocycles. The van der Waals surface area contributed by atoms with Gasteiger partial charge in [-0.1, -0.05) is 41.1 Å². The number of hydrogen-bond acceptors (Lipinski definition) is 2. The number of amides is 1. The number of benzene rings is 1. The second kappa shape index (κ2) is 5.54. The zero-order valence-corrected chi connectivity index (χ0v) is 12.0. The van der Waals surface area contributed by atoms with Crippen LogP contribution in [0.1, 0.15) is 38.7 Å². The Balaban J connectivity index is 2.75. The molecule has 0 aliphatic carbocycles. The maximum Gasteiger partial charge on any atom is 0.405 e. The highest BCUT2D eigenvalue weighted by Crippen LogP contribution is 2.32. The van der Waals surface area contributed by atoms with Gasteiger partial charge in [0, 0.05) is 4.47 Å². The summed E-state index contributed by atoms with van der Waals surface area (Å²) >= 11 is 3.52. The lowest BCUT2D eigenvalue weighted by Gasteiger charge is -2.27. The first-order valence-corrected chi connectivity index (χ1v) is 6.34. The van der Waals surface area contributed by atoms with E-state index in [1.807, 2.05) is 32.0 Å². The third-order valence-electron chi connectivity index (χ3n) is 2.61. The topological polar surface area (TPSA) is 52.3 Å². The highest BCUT2D eigenvalue weighted by atomic mass is 79.9. The highest BCUT2D eigenvalue weighted by Gasteiger charge is 2.25. The van der Waals surface area contributed by atoms with Crippen molar-refractivity contribution in [2.75, 3.05) is 0 Å². The van der Waals surface area contributed by atoms with Crippen LogP contribution in [0.3, 0.4) is 0 Å². The van der Waals surface area contributed by atoms with E-state index >= 15 is 0 Å². The number of rotatable bonds is 4. The number of primary amides is 1. The van der Waals surface area contributed by atoms with Crippen LogP contribution in [0, 0.1) is 0 Å². The van der Waals surface area contributed by atoms with Crippen LogP contribution in [0.15, 0.2) is 28.7 Å². The summed E-state index contributed by atoms with van der Waals surface area (Å²) in [5.41, 5.74) is 5.70. The van der Waals surface area contributed by atoms with Crippen molar-refractivity contribution in [1.29, 1.82) is 0 Å². The lowest BCUT2D eigenvalue weighted by Crippen LogP contribution is -2.32. The third-order valence-corrected chi connectivity index (χ3v) is 3.33. The Morgan fingerprint density at radius 1 is 1.47 bits per heavy atom. The van der Waals surface area contributed by atoms with Gasteiger partial charge in [0.1, 0.15) is 5.60 Å². The van der Waals surface area contributed by atoms with Crippen molar-refractivity contribution in [2.24, 2.45) is 5.73 Å². The molecule has 1 unspecified atom stereocenters. The quantitative estimate of drug-likeness (QED) is 0.919. The van der Waals surface area contributed by atoms with Crippen molar-refractivity contribution in [3.8, 4) is 0 Å². The highest BCUT2D eigenvalue weighted by molar-refractivity contribution is 9.10. The van der Waals surface area contributed by atoms with Gasteiger partial charge in [0.05, 0.1) is 0 Å². The molecule has 3 nitrogen and oxygen atoms in total. The van der Waals surface area contributed by atoms with Gasteiger partial charge in [-0.05, 0) is 37.8 Å². The van der Waals surface area contributed by atoms with E-state index in [0.29, 0.717) is 0 Å². The molecular weight excluding hydrogens is 282 g/mol. The van der Waals surface area contributed by atoms with Crippen molar-refractivity contribution in [1.82, 2.24) is 0 Å². The molecule has 1 rings (SSSR count). The summed E-state index contributed by atoms with van der Waals surface area (Å²) in [5.74, 6) is 0.278. The molecule has 0 saturated carbocycles. The van der Waals surface area contributed by atoms with Crippen LogP contribution in [0.4, 0.5) is 4.79 Å². The molecule has 1 aromatic rings. The summed E-state index contributed by atoms with van der Waals surface area (Å²) in [6.45, 7) is 5.84. The lowest BCUT2D eigenvalue weighted by atomic mass is 9.89. The van der Waals surface area contributed by atoms with Crippen LogP contribution in [-0.2, 0) is 4.74 Å². The Labute approximate surface area is 110 Å². The van der Waals surface area contributed by atoms with Crippen LogP contribution in [-0.4, -0.2) is 11.7 Å². The Morgan fingerprint density at radius 3 is 2.59 bits per heavy atom. The van der Waals surface area contributed by atoms with Gasteiger partial charge in [-0.15, -0.1) is 0 Å². The average Bonchev–Trinajstić information content (AvgIpc) is 2.14. The largest absolute Gasteiger partial charge is 0.444 e. The first-order chi connectivity index (χ1) is 7.82. The first-order valence-electron chi connectivity index (χ1n) is 5.55. The van der Waals surface area contributed by atoms with E-state index in [1.54, 1.807) is 0 Å². The van der Waals surface area contributed by atoms with Gasteiger partial charge in [-0.25, -0.2) is 4.79 Å². The first kappa shape index (κ1) is 14.0. The average molecular weight is 300 g/mol. The number of carbonyl (C=O) groups is 1. The van der Waals surface area contributed by atoms with E-state index < -0.39 is 11.7 Å². The van der Waals surface area contributed by atoms with Crippen LogP contribution in [0.2, 0.25) is 0 Å². The van der Waals surface area contributed by atoms with Crippen molar-refractivity contribution in [3.63, 3.8) is 0 Å². The predicted molar refractivity (Wildman–Crippen MR) is 71.9 cm³/mol. The molecule has 1 aromatic carbocycles. The van der Waals surface area contributed by atoms with Gasteiger partial charge >= 0.3 is 6.09 Å². The SMILES string of the molecule is CC(CC(C)(C)OC(N)=O)c1ccccc1Br. The summed E-state index contributed by atoms with van der Waals surface area (Å²) in [5, 5.41) is 0. The second-order valence-corrected chi connectivity index (χ2v) is 5.66. The zero-order valence-electron chi connectivity index (χ0n) is 10.4. The maximum absolute atomic E-state index is 10.8. The van der Waals surface area contributed by atoms with Crippen LogP contribution in [0.5, 0.6) is 0 Å². The number of ether oxygens (including phenoxy) is 1. The number of nitrogens with two attached hydrogens (primary N) is 1. The fourth-order valence-electron chi connectivity index (χ4n) is 2.04. The fourth-order valence-corrected chi connectivity index (χ4v) is 2.71. The minimum Gasteiger partial charge on any atom is -0.444 e. The molecule has 0 spiro atoms. The van der Waals surface area contributed by atoms with E-state index in [-0.39, 0.29) is 5.92 Å². The predicted octanol–water partition coefficient (Wildman–Crippen LogP) is 3.82. The standard InChI is InChI=1S/C13H18BrNO2/c1-9(8-13(2,3)17-12(15)16)10-6-4-5-7-11(10)14/h4-7,9H,8H2,1-3H3,(H2,15,16). The summed E-state index contributed by atoms with van der Waals surface area (Å²) in [6.07, 6.45) is -0.00669. The Kier molecular flexibility index (Phi) is 4.57. The summed E-state index contributed by atoms with van der Waals surface area (Å²) in [6, 6.07) is 8.05. The van der Waals surface area contributed by atoms with Gasteiger partial charge in [0.25, 0.3) is 0 Å². The van der Waals surface area contributed by atoms with Crippen LogP contribution < -0.4 is 5.73 Å². The molecule has 0 heterocycles. The molecule has 0 bridgehead atoms. The molecule has 1 atom stereocenters. The van der Waals surface area contributed by atoms with Gasteiger partial charge in [0.15, 0.2) is 0 Å². The molecule has 0 fully saturated rings. The van der Waals surface area contributed by atoms with Gasteiger partial charge in [0.2, 0.25) is 0 Å². The van der Waals surface area contributed by atoms with Crippen molar-refractivity contribution in [2.45, 2.75) is 38.7 Å². The van der Waals surface area contributed by atoms with E-state index in [2.05, 4.69) is 28.9 Å². The number of halogens is 1. The van der Waals surface area contributed by atoms with Crippen LogP contribution >= 0.6 is 15.9 Å². The Hall–Kier alpha value is -1.03. The van der Waals surface area contributed by atoms with Gasteiger partial charge in [-0.3, -0.25) is 0 Å². The zero-order chi connectivity index (χ0) is 13.1. The molecule has 4 heteroatoms. The lowest BCUT2D eigenvalue weighted by molar-refractivity contribution is 0.0348. The molecule has 2 N–H and O–H groups in total. The third kappa shape index (κ3) is 4.38. The molecule has 94 valence electrons. The number of hydrogen-bond donors (Lipinski definition) is 1. The molecule has 0 aliphatic rings. The van der Waals surface area contributed by atoms with E-state index in [9.17, 15) is 4.79 Å². The van der Waals surface area contributed by atoms with Crippen molar-refractivity contribution >= 4 is 22.0 Å².